The zero-order chi connectivity index (χ0) is 15.3. The van der Waals surface area contributed by atoms with Crippen molar-refractivity contribution in [3.05, 3.63) is 18.5 Å². The molecule has 118 valence electrons. The van der Waals surface area contributed by atoms with Gasteiger partial charge < -0.3 is 10.4 Å². The Hall–Kier alpha value is -1.22. The quantitative estimate of drug-likeness (QED) is 0.757. The van der Waals surface area contributed by atoms with Crippen molar-refractivity contribution in [3.8, 4) is 0 Å². The summed E-state index contributed by atoms with van der Waals surface area (Å²) in [5.41, 5.74) is 0.706. The van der Waals surface area contributed by atoms with Crippen LogP contribution >= 0.6 is 0 Å². The van der Waals surface area contributed by atoms with E-state index in [9.17, 15) is 8.42 Å². The third kappa shape index (κ3) is 3.91. The van der Waals surface area contributed by atoms with Crippen molar-refractivity contribution in [1.29, 1.82) is 0 Å². The van der Waals surface area contributed by atoms with Crippen LogP contribution < -0.4 is 5.32 Å². The Bertz CT molecular complexity index is 556. The Kier molecular flexibility index (Phi) is 5.51. The molecule has 1 aliphatic heterocycles. The molecule has 7 nitrogen and oxygen atoms in total. The second-order valence-electron chi connectivity index (χ2n) is 4.91. The zero-order valence-corrected chi connectivity index (χ0v) is 13.0. The Morgan fingerprint density at radius 1 is 1.29 bits per heavy atom. The number of aliphatic hydroxyl groups is 1. The average Bonchev–Trinajstić information content (AvgIpc) is 2.49. The predicted octanol–water partition coefficient (Wildman–Crippen LogP) is -0.188. The van der Waals surface area contributed by atoms with Crippen molar-refractivity contribution < 1.29 is 13.5 Å². The zero-order valence-electron chi connectivity index (χ0n) is 12.2. The minimum atomic E-state index is -3.50. The molecule has 0 spiro atoms. The maximum Gasteiger partial charge on any atom is 0.244 e. The summed E-state index contributed by atoms with van der Waals surface area (Å²) in [5.74, 6) is 0. The van der Waals surface area contributed by atoms with Crippen LogP contribution in [0.1, 0.15) is 6.92 Å². The standard InChI is InChI=1S/C13H22N4O3S/c1-2-15-12-9-13(11-14-10-12)21(19,20)17-5-3-16(4-6-17)7-8-18/h9-11,15,18H,2-8H2,1H3. The summed E-state index contributed by atoms with van der Waals surface area (Å²) in [7, 11) is -3.50. The largest absolute Gasteiger partial charge is 0.395 e. The first-order chi connectivity index (χ1) is 10.1. The molecule has 1 saturated heterocycles. The summed E-state index contributed by atoms with van der Waals surface area (Å²) >= 11 is 0. The van der Waals surface area contributed by atoms with Gasteiger partial charge in [0.15, 0.2) is 0 Å². The monoisotopic (exact) mass is 314 g/mol. The van der Waals surface area contributed by atoms with Crippen molar-refractivity contribution in [3.63, 3.8) is 0 Å². The third-order valence-corrected chi connectivity index (χ3v) is 5.34. The Morgan fingerprint density at radius 3 is 2.62 bits per heavy atom. The van der Waals surface area contributed by atoms with Crippen LogP contribution in [0.3, 0.4) is 0 Å². The lowest BCUT2D eigenvalue weighted by molar-refractivity contribution is 0.151. The molecule has 0 aliphatic carbocycles. The lowest BCUT2D eigenvalue weighted by Gasteiger charge is -2.33. The molecule has 1 aromatic rings. The van der Waals surface area contributed by atoms with E-state index in [1.54, 1.807) is 12.3 Å². The fourth-order valence-corrected chi connectivity index (χ4v) is 3.76. The molecule has 1 aliphatic rings. The first-order valence-electron chi connectivity index (χ1n) is 7.10. The SMILES string of the molecule is CCNc1cncc(S(=O)(=O)N2CCN(CCO)CC2)c1. The van der Waals surface area contributed by atoms with Crippen LogP contribution in [0.15, 0.2) is 23.4 Å². The lowest BCUT2D eigenvalue weighted by Crippen LogP contribution is -2.49. The summed E-state index contributed by atoms with van der Waals surface area (Å²) < 4.78 is 26.7. The number of sulfonamides is 1. The van der Waals surface area contributed by atoms with Crippen molar-refractivity contribution in [1.82, 2.24) is 14.2 Å². The molecule has 2 heterocycles. The Balaban J connectivity index is 2.10. The highest BCUT2D eigenvalue weighted by Crippen LogP contribution is 2.19. The topological polar surface area (TPSA) is 85.8 Å². The van der Waals surface area contributed by atoms with Crippen LogP contribution in [-0.4, -0.2) is 73.6 Å². The highest BCUT2D eigenvalue weighted by molar-refractivity contribution is 7.89. The molecule has 8 heteroatoms. The molecule has 0 amide bonds. The Morgan fingerprint density at radius 2 is 2.00 bits per heavy atom. The van der Waals surface area contributed by atoms with Gasteiger partial charge in [0.1, 0.15) is 4.90 Å². The Labute approximate surface area is 125 Å². The number of aliphatic hydroxyl groups excluding tert-OH is 1. The smallest absolute Gasteiger partial charge is 0.244 e. The normalized spacial score (nSPS) is 17.8. The van der Waals surface area contributed by atoms with E-state index >= 15 is 0 Å². The molecule has 2 rings (SSSR count). The van der Waals surface area contributed by atoms with Gasteiger partial charge in [-0.15, -0.1) is 0 Å². The van der Waals surface area contributed by atoms with Gasteiger partial charge in [0.25, 0.3) is 0 Å². The third-order valence-electron chi connectivity index (χ3n) is 3.48. The van der Waals surface area contributed by atoms with E-state index in [2.05, 4.69) is 15.2 Å². The molecule has 1 aromatic heterocycles. The van der Waals surface area contributed by atoms with Crippen molar-refractivity contribution in [2.75, 3.05) is 51.2 Å². The number of anilines is 1. The van der Waals surface area contributed by atoms with Crippen LogP contribution in [-0.2, 0) is 10.0 Å². The van der Waals surface area contributed by atoms with Crippen molar-refractivity contribution in [2.45, 2.75) is 11.8 Å². The molecule has 0 radical (unpaired) electrons. The molecule has 0 bridgehead atoms. The second kappa shape index (κ2) is 7.17. The molecular formula is C13H22N4O3S. The number of piperazine rings is 1. The highest BCUT2D eigenvalue weighted by Gasteiger charge is 2.28. The number of hydrogen-bond donors (Lipinski definition) is 2. The van der Waals surface area contributed by atoms with Crippen LogP contribution in [0.4, 0.5) is 5.69 Å². The molecule has 0 atom stereocenters. The maximum atomic E-state index is 12.6. The van der Waals surface area contributed by atoms with E-state index in [4.69, 9.17) is 5.11 Å². The second-order valence-corrected chi connectivity index (χ2v) is 6.85. The van der Waals surface area contributed by atoms with Gasteiger partial charge in [0.05, 0.1) is 18.5 Å². The van der Waals surface area contributed by atoms with Gasteiger partial charge >= 0.3 is 0 Å². The van der Waals surface area contributed by atoms with E-state index in [1.165, 1.54) is 10.5 Å². The van der Waals surface area contributed by atoms with Gasteiger partial charge in [-0.3, -0.25) is 9.88 Å². The minimum absolute atomic E-state index is 0.0986. The van der Waals surface area contributed by atoms with Gasteiger partial charge in [-0.2, -0.15) is 4.31 Å². The summed E-state index contributed by atoms with van der Waals surface area (Å²) in [6, 6.07) is 1.62. The number of aromatic nitrogens is 1. The maximum absolute atomic E-state index is 12.6. The first-order valence-corrected chi connectivity index (χ1v) is 8.54. The number of nitrogens with one attached hydrogen (secondary N) is 1. The van der Waals surface area contributed by atoms with Crippen molar-refractivity contribution in [2.24, 2.45) is 0 Å². The molecule has 2 N–H and O–H groups in total. The first kappa shape index (κ1) is 16.2. The number of hydrogen-bond acceptors (Lipinski definition) is 6. The highest BCUT2D eigenvalue weighted by atomic mass is 32.2. The van der Waals surface area contributed by atoms with Crippen molar-refractivity contribution >= 4 is 15.7 Å². The van der Waals surface area contributed by atoms with Gasteiger partial charge in [0, 0.05) is 45.5 Å². The van der Waals surface area contributed by atoms with Gasteiger partial charge in [-0.25, -0.2) is 8.42 Å². The van der Waals surface area contributed by atoms with E-state index in [0.29, 0.717) is 45.0 Å². The van der Waals surface area contributed by atoms with Gasteiger partial charge in [0.2, 0.25) is 10.0 Å². The summed E-state index contributed by atoms with van der Waals surface area (Å²) in [5, 5.41) is 12.0. The molecule has 21 heavy (non-hydrogen) atoms. The molecule has 0 saturated carbocycles. The lowest BCUT2D eigenvalue weighted by atomic mass is 10.4. The predicted molar refractivity (Wildman–Crippen MR) is 80.7 cm³/mol. The van der Waals surface area contributed by atoms with Crippen LogP contribution in [0.25, 0.3) is 0 Å². The number of β-amino-alcohol motifs (C(OH)–C–C–N with tert-alkyl or cyclic N) is 1. The number of nitrogens with zero attached hydrogens (tertiary/aromatic N) is 3. The summed E-state index contributed by atoms with van der Waals surface area (Å²) in [6.07, 6.45) is 3.00. The van der Waals surface area contributed by atoms with E-state index in [-0.39, 0.29) is 11.5 Å². The fraction of sp³-hybridized carbons (Fsp3) is 0.615. The number of pyridine rings is 1. The molecule has 0 aromatic carbocycles. The fourth-order valence-electron chi connectivity index (χ4n) is 2.34. The van der Waals surface area contributed by atoms with Gasteiger partial charge in [-0.1, -0.05) is 0 Å². The molecule has 1 fully saturated rings. The van der Waals surface area contributed by atoms with Crippen LogP contribution in [0.5, 0.6) is 0 Å². The van der Waals surface area contributed by atoms with E-state index in [1.807, 2.05) is 6.92 Å². The average molecular weight is 314 g/mol. The van der Waals surface area contributed by atoms with E-state index < -0.39 is 10.0 Å². The summed E-state index contributed by atoms with van der Waals surface area (Å²) in [4.78, 5) is 6.27. The van der Waals surface area contributed by atoms with Crippen LogP contribution in [0.2, 0.25) is 0 Å². The minimum Gasteiger partial charge on any atom is -0.395 e. The molecule has 0 unspecified atom stereocenters. The number of rotatable bonds is 6. The van der Waals surface area contributed by atoms with Gasteiger partial charge in [-0.05, 0) is 13.0 Å². The molecular weight excluding hydrogens is 292 g/mol. The van der Waals surface area contributed by atoms with Crippen LogP contribution in [0, 0.1) is 0 Å². The summed E-state index contributed by atoms with van der Waals surface area (Å²) in [6.45, 7) is 5.50. The van der Waals surface area contributed by atoms with E-state index in [0.717, 1.165) is 0 Å².